The van der Waals surface area contributed by atoms with Crippen LogP contribution in [0.25, 0.3) is 10.9 Å². The fraction of sp³-hybridized carbons (Fsp3) is 0.333. The summed E-state index contributed by atoms with van der Waals surface area (Å²) in [6.45, 7) is 1.92. The first-order valence-electron chi connectivity index (χ1n) is 5.37. The van der Waals surface area contributed by atoms with Gasteiger partial charge >= 0.3 is 0 Å². The van der Waals surface area contributed by atoms with Crippen LogP contribution in [0.3, 0.4) is 0 Å². The molecule has 16 heavy (non-hydrogen) atoms. The van der Waals surface area contributed by atoms with Gasteiger partial charge in [0.15, 0.2) is 0 Å². The Hall–Kier alpha value is -1.19. The molecule has 0 fully saturated rings. The number of methoxy groups -OCH3 is 1. The summed E-state index contributed by atoms with van der Waals surface area (Å²) in [6, 6.07) is 3.89. The molecule has 0 unspecified atom stereocenters. The van der Waals surface area contributed by atoms with Crippen LogP contribution in [-0.2, 0) is 13.0 Å². The van der Waals surface area contributed by atoms with E-state index in [1.54, 1.807) is 7.11 Å². The quantitative estimate of drug-likeness (QED) is 0.798. The third-order valence-electron chi connectivity index (χ3n) is 3.12. The van der Waals surface area contributed by atoms with Gasteiger partial charge in [-0.15, -0.1) is 0 Å². The Morgan fingerprint density at radius 2 is 2.25 bits per heavy atom. The van der Waals surface area contributed by atoms with Crippen LogP contribution in [0.4, 0.5) is 0 Å². The summed E-state index contributed by atoms with van der Waals surface area (Å²) in [5, 5.41) is 5.27. The number of hydrogen-bond donors (Lipinski definition) is 2. The lowest BCUT2D eigenvalue weighted by molar-refractivity contribution is 0.415. The molecule has 0 saturated heterocycles. The lowest BCUT2D eigenvalue weighted by atomic mass is 10.1. The highest BCUT2D eigenvalue weighted by Gasteiger charge is 2.17. The fourth-order valence-electron chi connectivity index (χ4n) is 2.30. The van der Waals surface area contributed by atoms with Crippen molar-refractivity contribution in [3.8, 4) is 5.75 Å². The molecule has 2 N–H and O–H groups in total. The number of ether oxygens (including phenoxy) is 1. The minimum Gasteiger partial charge on any atom is -0.497 e. The third kappa shape index (κ3) is 1.39. The van der Waals surface area contributed by atoms with Crippen molar-refractivity contribution in [2.75, 3.05) is 13.7 Å². The van der Waals surface area contributed by atoms with Gasteiger partial charge in [-0.2, -0.15) is 0 Å². The molecule has 84 valence electrons. The van der Waals surface area contributed by atoms with Gasteiger partial charge in [0.1, 0.15) is 5.75 Å². The summed E-state index contributed by atoms with van der Waals surface area (Å²) >= 11 is 6.23. The molecule has 3 rings (SSSR count). The maximum atomic E-state index is 6.23. The van der Waals surface area contributed by atoms with Crippen molar-refractivity contribution >= 4 is 22.5 Å². The minimum atomic E-state index is 0.726. The van der Waals surface area contributed by atoms with Crippen molar-refractivity contribution in [2.24, 2.45) is 0 Å². The van der Waals surface area contributed by atoms with Gasteiger partial charge in [-0.1, -0.05) is 11.6 Å². The molecule has 1 aromatic heterocycles. The molecule has 0 spiro atoms. The van der Waals surface area contributed by atoms with E-state index in [-0.39, 0.29) is 0 Å². The first-order valence-corrected chi connectivity index (χ1v) is 5.75. The van der Waals surface area contributed by atoms with E-state index in [0.29, 0.717) is 0 Å². The molecule has 2 heterocycles. The van der Waals surface area contributed by atoms with Crippen molar-refractivity contribution in [3.05, 3.63) is 28.4 Å². The van der Waals surface area contributed by atoms with Crippen LogP contribution in [0.5, 0.6) is 5.75 Å². The van der Waals surface area contributed by atoms with E-state index < -0.39 is 0 Å². The maximum Gasteiger partial charge on any atom is 0.121 e. The number of benzene rings is 1. The fourth-order valence-corrected chi connectivity index (χ4v) is 2.55. The molecule has 0 aliphatic carbocycles. The molecular formula is C12H13ClN2O. The van der Waals surface area contributed by atoms with Crippen LogP contribution in [0, 0.1) is 0 Å². The predicted molar refractivity (Wildman–Crippen MR) is 65.3 cm³/mol. The number of halogens is 1. The zero-order valence-electron chi connectivity index (χ0n) is 9.06. The molecule has 2 aromatic rings. The summed E-state index contributed by atoms with van der Waals surface area (Å²) in [5.41, 5.74) is 3.64. The van der Waals surface area contributed by atoms with Crippen LogP contribution < -0.4 is 10.1 Å². The van der Waals surface area contributed by atoms with Crippen molar-refractivity contribution in [3.63, 3.8) is 0 Å². The Bertz CT molecular complexity index is 547. The van der Waals surface area contributed by atoms with E-state index >= 15 is 0 Å². The Balaban J connectivity index is 2.30. The second-order valence-electron chi connectivity index (χ2n) is 4.04. The summed E-state index contributed by atoms with van der Waals surface area (Å²) in [5.74, 6) is 0.810. The SMILES string of the molecule is COc1cc(Cl)c2[nH]c3c(c2c1)CNCC3. The number of aromatic nitrogens is 1. The van der Waals surface area contributed by atoms with Gasteiger partial charge in [0.05, 0.1) is 17.6 Å². The van der Waals surface area contributed by atoms with Crippen molar-refractivity contribution < 1.29 is 4.74 Å². The average Bonchev–Trinajstić information content (AvgIpc) is 2.68. The Morgan fingerprint density at radius 1 is 1.38 bits per heavy atom. The molecule has 3 nitrogen and oxygen atoms in total. The second kappa shape index (κ2) is 3.68. The summed E-state index contributed by atoms with van der Waals surface area (Å²) in [4.78, 5) is 3.41. The highest BCUT2D eigenvalue weighted by Crippen LogP contribution is 2.33. The van der Waals surface area contributed by atoms with Crippen molar-refractivity contribution in [2.45, 2.75) is 13.0 Å². The molecule has 1 aliphatic heterocycles. The summed E-state index contributed by atoms with van der Waals surface area (Å²) in [6.07, 6.45) is 1.03. The van der Waals surface area contributed by atoms with Gasteiger partial charge in [0.25, 0.3) is 0 Å². The number of fused-ring (bicyclic) bond motifs is 3. The number of nitrogens with one attached hydrogen (secondary N) is 2. The van der Waals surface area contributed by atoms with Gasteiger partial charge in [0, 0.05) is 36.7 Å². The second-order valence-corrected chi connectivity index (χ2v) is 4.45. The van der Waals surface area contributed by atoms with Crippen molar-refractivity contribution in [1.82, 2.24) is 10.3 Å². The van der Waals surface area contributed by atoms with Crippen LogP contribution in [-0.4, -0.2) is 18.6 Å². The standard InChI is InChI=1S/C12H13ClN2O/c1-16-7-4-8-9-6-14-3-2-11(9)15-12(8)10(13)5-7/h4-5,14-15H,2-3,6H2,1H3. The third-order valence-corrected chi connectivity index (χ3v) is 3.42. The first kappa shape index (κ1) is 10.00. The van der Waals surface area contributed by atoms with Crippen molar-refractivity contribution in [1.29, 1.82) is 0 Å². The average molecular weight is 237 g/mol. The van der Waals surface area contributed by atoms with E-state index in [4.69, 9.17) is 16.3 Å². The predicted octanol–water partition coefficient (Wildman–Crippen LogP) is 2.48. The molecule has 1 aromatic carbocycles. The molecule has 4 heteroatoms. The summed E-state index contributed by atoms with van der Waals surface area (Å²) in [7, 11) is 1.66. The largest absolute Gasteiger partial charge is 0.497 e. The Kier molecular flexibility index (Phi) is 2.30. The zero-order chi connectivity index (χ0) is 11.1. The monoisotopic (exact) mass is 236 g/mol. The van der Waals surface area contributed by atoms with Gasteiger partial charge in [0.2, 0.25) is 0 Å². The van der Waals surface area contributed by atoms with Crippen LogP contribution in [0.15, 0.2) is 12.1 Å². The topological polar surface area (TPSA) is 37.0 Å². The van der Waals surface area contributed by atoms with Gasteiger partial charge < -0.3 is 15.0 Å². The van der Waals surface area contributed by atoms with E-state index in [1.165, 1.54) is 16.6 Å². The molecule has 0 bridgehead atoms. The molecular weight excluding hydrogens is 224 g/mol. The zero-order valence-corrected chi connectivity index (χ0v) is 9.82. The van der Waals surface area contributed by atoms with Gasteiger partial charge in [-0.05, 0) is 11.6 Å². The number of hydrogen-bond acceptors (Lipinski definition) is 2. The molecule has 0 radical (unpaired) electrons. The number of aromatic amines is 1. The van der Waals surface area contributed by atoms with E-state index in [9.17, 15) is 0 Å². The molecule has 0 amide bonds. The van der Waals surface area contributed by atoms with E-state index in [1.807, 2.05) is 12.1 Å². The number of H-pyrrole nitrogens is 1. The highest BCUT2D eigenvalue weighted by atomic mass is 35.5. The molecule has 0 atom stereocenters. The minimum absolute atomic E-state index is 0.726. The Morgan fingerprint density at radius 3 is 3.06 bits per heavy atom. The number of rotatable bonds is 1. The smallest absolute Gasteiger partial charge is 0.121 e. The first-order chi connectivity index (χ1) is 7.79. The van der Waals surface area contributed by atoms with Crippen LogP contribution in [0.2, 0.25) is 5.02 Å². The Labute approximate surface area is 98.7 Å². The van der Waals surface area contributed by atoms with E-state index in [2.05, 4.69) is 10.3 Å². The highest BCUT2D eigenvalue weighted by molar-refractivity contribution is 6.35. The maximum absolute atomic E-state index is 6.23. The summed E-state index contributed by atoms with van der Waals surface area (Å²) < 4.78 is 5.24. The van der Waals surface area contributed by atoms with E-state index in [0.717, 1.165) is 35.8 Å². The van der Waals surface area contributed by atoms with Crippen LogP contribution in [0.1, 0.15) is 11.3 Å². The normalized spacial score (nSPS) is 15.1. The lowest BCUT2D eigenvalue weighted by Crippen LogP contribution is -2.22. The lowest BCUT2D eigenvalue weighted by Gasteiger charge is -2.12. The van der Waals surface area contributed by atoms with Crippen LogP contribution >= 0.6 is 11.6 Å². The molecule has 1 aliphatic rings. The van der Waals surface area contributed by atoms with Gasteiger partial charge in [-0.25, -0.2) is 0 Å². The molecule has 0 saturated carbocycles. The van der Waals surface area contributed by atoms with Gasteiger partial charge in [-0.3, -0.25) is 0 Å².